The molecule has 0 bridgehead atoms. The lowest BCUT2D eigenvalue weighted by atomic mass is 10.0. The Morgan fingerprint density at radius 3 is 2.53 bits per heavy atom. The van der Waals surface area contributed by atoms with E-state index in [1.807, 2.05) is 19.3 Å². The third-order valence-electron chi connectivity index (χ3n) is 8.26. The van der Waals surface area contributed by atoms with Crippen molar-refractivity contribution in [1.82, 2.24) is 24.2 Å². The number of hydrogen-bond acceptors (Lipinski definition) is 7. The maximum Gasteiger partial charge on any atom is 0.241 e. The van der Waals surface area contributed by atoms with Crippen LogP contribution in [0.2, 0.25) is 0 Å². The number of benzene rings is 1. The standard InChI is InChI=1S/C28H34N6O3S/c1-18(20-14-26(35)29-16-20)37-28-27-25(30-17-34(27)22-6-7-22)15-24(31-28)19-2-4-21(5-3-19)32-10-12-33(13-11-32)38(36)23-8-9-23/h2-5,15,17-18,20,22-23H,6-14,16H2,1H3,(H,29,35)/t18-,20-,38?/m1/s1. The summed E-state index contributed by atoms with van der Waals surface area (Å²) in [6, 6.07) is 11.0. The summed E-state index contributed by atoms with van der Waals surface area (Å²) in [6.45, 7) is 6.11. The van der Waals surface area contributed by atoms with Gasteiger partial charge >= 0.3 is 0 Å². The Bertz CT molecular complexity index is 1330. The summed E-state index contributed by atoms with van der Waals surface area (Å²) in [5.41, 5.74) is 4.85. The van der Waals surface area contributed by atoms with Gasteiger partial charge in [0.05, 0.1) is 30.6 Å². The molecule has 4 heterocycles. The van der Waals surface area contributed by atoms with Gasteiger partial charge in [0, 0.05) is 73.5 Å². The lowest BCUT2D eigenvalue weighted by Crippen LogP contribution is -2.49. The van der Waals surface area contributed by atoms with Gasteiger partial charge in [-0.1, -0.05) is 12.1 Å². The van der Waals surface area contributed by atoms with E-state index in [1.165, 1.54) is 5.69 Å². The number of hydrogen-bond donors (Lipinski definition) is 1. The second-order valence-corrected chi connectivity index (χ2v) is 12.8. The molecular formula is C28H34N6O3S. The predicted molar refractivity (Wildman–Crippen MR) is 147 cm³/mol. The summed E-state index contributed by atoms with van der Waals surface area (Å²) in [6.07, 6.45) is 6.77. The fourth-order valence-electron chi connectivity index (χ4n) is 5.57. The smallest absolute Gasteiger partial charge is 0.241 e. The fraction of sp³-hybridized carbons (Fsp3) is 0.536. The zero-order valence-electron chi connectivity index (χ0n) is 21.7. The lowest BCUT2D eigenvalue weighted by molar-refractivity contribution is -0.119. The molecule has 200 valence electrons. The molecule has 2 saturated heterocycles. The van der Waals surface area contributed by atoms with Crippen LogP contribution < -0.4 is 15.0 Å². The van der Waals surface area contributed by atoms with Crippen LogP contribution in [0.1, 0.15) is 45.1 Å². The maximum absolute atomic E-state index is 12.5. The Hall–Kier alpha value is -2.82. The first-order chi connectivity index (χ1) is 18.5. The van der Waals surface area contributed by atoms with Crippen molar-refractivity contribution < 1.29 is 14.1 Å². The van der Waals surface area contributed by atoms with Gasteiger partial charge in [-0.25, -0.2) is 9.97 Å². The Morgan fingerprint density at radius 1 is 1.11 bits per heavy atom. The number of pyridine rings is 1. The number of amides is 1. The molecule has 2 saturated carbocycles. The second-order valence-electron chi connectivity index (χ2n) is 11.1. The second kappa shape index (κ2) is 9.73. The molecule has 2 aromatic heterocycles. The van der Waals surface area contributed by atoms with E-state index in [1.54, 1.807) is 0 Å². The van der Waals surface area contributed by atoms with Crippen molar-refractivity contribution in [2.45, 2.75) is 56.4 Å². The number of anilines is 1. The number of ether oxygens (including phenoxy) is 1. The highest BCUT2D eigenvalue weighted by molar-refractivity contribution is 7.90. The molecule has 3 aromatic rings. The van der Waals surface area contributed by atoms with Crippen LogP contribution in [0.3, 0.4) is 0 Å². The first-order valence-electron chi connectivity index (χ1n) is 13.9. The minimum atomic E-state index is -0.807. The van der Waals surface area contributed by atoms with Gasteiger partial charge in [0.2, 0.25) is 11.8 Å². The number of carbonyl (C=O) groups excluding carboxylic acids is 1. The normalized spacial score (nSPS) is 24.0. The number of carbonyl (C=O) groups is 1. The summed E-state index contributed by atoms with van der Waals surface area (Å²) in [5, 5.41) is 3.31. The van der Waals surface area contributed by atoms with Crippen molar-refractivity contribution in [1.29, 1.82) is 0 Å². The molecule has 1 aromatic carbocycles. The minimum absolute atomic E-state index is 0.0815. The van der Waals surface area contributed by atoms with Gasteiger partial charge < -0.3 is 24.1 Å². The summed E-state index contributed by atoms with van der Waals surface area (Å²) in [4.78, 5) is 23.8. The molecule has 9 nitrogen and oxygen atoms in total. The van der Waals surface area contributed by atoms with E-state index in [0.717, 1.165) is 74.2 Å². The highest BCUT2D eigenvalue weighted by Crippen LogP contribution is 2.40. The molecule has 10 heteroatoms. The van der Waals surface area contributed by atoms with Crippen molar-refractivity contribution in [3.8, 4) is 17.1 Å². The van der Waals surface area contributed by atoms with Crippen molar-refractivity contribution in [2.75, 3.05) is 37.6 Å². The average Bonchev–Trinajstić information content (AvgIpc) is 3.88. The van der Waals surface area contributed by atoms with E-state index in [9.17, 15) is 9.35 Å². The molecule has 38 heavy (non-hydrogen) atoms. The van der Waals surface area contributed by atoms with Gasteiger partial charge in [-0.2, -0.15) is 0 Å². The molecule has 7 rings (SSSR count). The minimum Gasteiger partial charge on any atom is -0.598 e. The Balaban J connectivity index is 1.12. The van der Waals surface area contributed by atoms with Crippen LogP contribution in [0, 0.1) is 5.92 Å². The Kier molecular flexibility index (Phi) is 6.21. The molecule has 1 unspecified atom stereocenters. The molecule has 4 aliphatic rings. The van der Waals surface area contributed by atoms with Crippen molar-refractivity contribution in [3.63, 3.8) is 0 Å². The largest absolute Gasteiger partial charge is 0.598 e. The zero-order valence-corrected chi connectivity index (χ0v) is 22.5. The SMILES string of the molecule is C[C@@H](Oc1nc(-c2ccc(N3CCN([S+]([O-])C4CC4)CC3)cc2)cc2ncn(C3CC3)c12)[C@H]1CNC(=O)C1. The average molecular weight is 535 g/mol. The summed E-state index contributed by atoms with van der Waals surface area (Å²) in [5.74, 6) is 0.803. The molecule has 2 aliphatic carbocycles. The number of rotatable bonds is 8. The van der Waals surface area contributed by atoms with Crippen LogP contribution in [-0.4, -0.2) is 73.4 Å². The third kappa shape index (κ3) is 4.74. The predicted octanol–water partition coefficient (Wildman–Crippen LogP) is 3.28. The van der Waals surface area contributed by atoms with Gasteiger partial charge in [-0.15, -0.1) is 4.31 Å². The number of nitrogens with zero attached hydrogens (tertiary/aromatic N) is 5. The number of imidazole rings is 1. The van der Waals surface area contributed by atoms with Gasteiger partial charge in [0.25, 0.3) is 0 Å². The maximum atomic E-state index is 12.5. The quantitative estimate of drug-likeness (QED) is 0.443. The highest BCUT2D eigenvalue weighted by atomic mass is 32.2. The van der Waals surface area contributed by atoms with Crippen LogP contribution in [0.5, 0.6) is 5.88 Å². The van der Waals surface area contributed by atoms with E-state index in [0.29, 0.717) is 30.1 Å². The topological polar surface area (TPSA) is 98.6 Å². The fourth-order valence-corrected chi connectivity index (χ4v) is 7.05. The molecule has 4 fully saturated rings. The van der Waals surface area contributed by atoms with E-state index in [4.69, 9.17) is 14.7 Å². The summed E-state index contributed by atoms with van der Waals surface area (Å²) >= 11 is -0.807. The number of fused-ring (bicyclic) bond motifs is 1. The lowest BCUT2D eigenvalue weighted by Gasteiger charge is -2.35. The van der Waals surface area contributed by atoms with Gasteiger partial charge in [-0.05, 0) is 38.0 Å². The molecule has 2 aliphatic heterocycles. The molecule has 1 amide bonds. The van der Waals surface area contributed by atoms with Crippen LogP contribution in [-0.2, 0) is 16.2 Å². The molecular weight excluding hydrogens is 500 g/mol. The highest BCUT2D eigenvalue weighted by Gasteiger charge is 2.40. The van der Waals surface area contributed by atoms with Gasteiger partial charge in [-0.3, -0.25) is 4.79 Å². The first kappa shape index (κ1) is 24.2. The van der Waals surface area contributed by atoms with Crippen molar-refractivity contribution >= 4 is 34.0 Å². The molecule has 0 spiro atoms. The van der Waals surface area contributed by atoms with Crippen LogP contribution >= 0.6 is 0 Å². The number of nitrogens with one attached hydrogen (secondary N) is 1. The Morgan fingerprint density at radius 2 is 1.87 bits per heavy atom. The molecule has 0 radical (unpaired) electrons. The Labute approximate surface area is 225 Å². The van der Waals surface area contributed by atoms with Crippen LogP contribution in [0.15, 0.2) is 36.7 Å². The summed E-state index contributed by atoms with van der Waals surface area (Å²) < 4.78 is 23.3. The number of aromatic nitrogens is 3. The molecule has 1 N–H and O–H groups in total. The van der Waals surface area contributed by atoms with Crippen LogP contribution in [0.4, 0.5) is 5.69 Å². The van der Waals surface area contributed by atoms with Gasteiger partial charge in [0.15, 0.2) is 0 Å². The van der Waals surface area contributed by atoms with E-state index in [-0.39, 0.29) is 17.9 Å². The first-order valence-corrected chi connectivity index (χ1v) is 15.0. The van der Waals surface area contributed by atoms with Crippen molar-refractivity contribution in [3.05, 3.63) is 36.7 Å². The van der Waals surface area contributed by atoms with Gasteiger partial charge in [0.1, 0.15) is 16.9 Å². The van der Waals surface area contributed by atoms with Crippen LogP contribution in [0.25, 0.3) is 22.3 Å². The number of piperazine rings is 1. The van der Waals surface area contributed by atoms with E-state index < -0.39 is 11.4 Å². The molecule has 3 atom stereocenters. The van der Waals surface area contributed by atoms with E-state index in [2.05, 4.69) is 43.4 Å². The van der Waals surface area contributed by atoms with E-state index >= 15 is 0 Å². The van der Waals surface area contributed by atoms with Crippen molar-refractivity contribution in [2.24, 2.45) is 5.92 Å². The zero-order chi connectivity index (χ0) is 25.8. The third-order valence-corrected chi connectivity index (χ3v) is 10.2. The monoisotopic (exact) mass is 534 g/mol. The summed E-state index contributed by atoms with van der Waals surface area (Å²) in [7, 11) is 0.